The molecular weight excluding hydrogens is 366 g/mol. The van der Waals surface area contributed by atoms with Crippen LogP contribution in [0.2, 0.25) is 0 Å². The molecule has 0 fully saturated rings. The fraction of sp³-hybridized carbons (Fsp3) is 0.100. The minimum absolute atomic E-state index is 0.347. The zero-order valence-corrected chi connectivity index (χ0v) is 15.0. The third-order valence-corrected chi connectivity index (χ3v) is 4.17. The van der Waals surface area contributed by atoms with E-state index in [1.54, 1.807) is 12.3 Å². The highest BCUT2D eigenvalue weighted by Gasteiger charge is 2.09. The van der Waals surface area contributed by atoms with Gasteiger partial charge in [0.1, 0.15) is 5.75 Å². The Balaban J connectivity index is 2.12. The maximum absolute atomic E-state index is 11.4. The summed E-state index contributed by atoms with van der Waals surface area (Å²) in [4.78, 5) is 16.0. The number of rotatable bonds is 3. The van der Waals surface area contributed by atoms with Crippen LogP contribution in [-0.2, 0) is 4.79 Å². The monoisotopic (exact) mass is 381 g/mol. The van der Waals surface area contributed by atoms with E-state index in [2.05, 4.69) is 20.9 Å². The second-order valence-electron chi connectivity index (χ2n) is 5.48. The first kappa shape index (κ1) is 16.4. The summed E-state index contributed by atoms with van der Waals surface area (Å²) in [7, 11) is 0. The molecule has 0 heterocycles. The predicted octanol–water partition coefficient (Wildman–Crippen LogP) is 5.59. The highest BCUT2D eigenvalue weighted by molar-refractivity contribution is 9.10. The molecule has 0 amide bonds. The van der Waals surface area contributed by atoms with Crippen molar-refractivity contribution in [3.8, 4) is 5.75 Å². The van der Waals surface area contributed by atoms with Crippen molar-refractivity contribution in [2.24, 2.45) is 4.99 Å². The molecular formula is C20H16BrNO2. The molecule has 0 spiro atoms. The van der Waals surface area contributed by atoms with Crippen LogP contribution < -0.4 is 4.74 Å². The van der Waals surface area contributed by atoms with Crippen LogP contribution in [0.5, 0.6) is 5.75 Å². The van der Waals surface area contributed by atoms with E-state index >= 15 is 0 Å². The molecule has 3 nitrogen and oxygen atoms in total. The summed E-state index contributed by atoms with van der Waals surface area (Å²) in [6, 6.07) is 17.6. The molecule has 0 unspecified atom stereocenters. The Hall–Kier alpha value is -2.46. The lowest BCUT2D eigenvalue weighted by Crippen LogP contribution is -2.04. The molecule has 3 rings (SSSR count). The standard InChI is InChI=1S/C20H16BrNO2/c1-13-11-16(21)8-9-19(13)22-12-18-17-6-4-3-5-15(17)7-10-20(18)24-14(2)23/h3-12H,1-2H3. The van der Waals surface area contributed by atoms with E-state index in [4.69, 9.17) is 4.74 Å². The quantitative estimate of drug-likeness (QED) is 0.337. The van der Waals surface area contributed by atoms with Crippen LogP contribution in [0, 0.1) is 6.92 Å². The van der Waals surface area contributed by atoms with Gasteiger partial charge in [-0.3, -0.25) is 9.79 Å². The molecule has 0 aliphatic rings. The van der Waals surface area contributed by atoms with Gasteiger partial charge in [0.15, 0.2) is 0 Å². The zero-order chi connectivity index (χ0) is 17.1. The number of esters is 1. The largest absolute Gasteiger partial charge is 0.426 e. The first-order chi connectivity index (χ1) is 11.5. The van der Waals surface area contributed by atoms with Gasteiger partial charge in [0.2, 0.25) is 0 Å². The van der Waals surface area contributed by atoms with Crippen molar-refractivity contribution in [3.63, 3.8) is 0 Å². The van der Waals surface area contributed by atoms with Gasteiger partial charge in [0.05, 0.1) is 5.69 Å². The first-order valence-electron chi connectivity index (χ1n) is 7.55. The second kappa shape index (κ2) is 6.97. The van der Waals surface area contributed by atoms with Crippen LogP contribution in [0.25, 0.3) is 10.8 Å². The highest BCUT2D eigenvalue weighted by Crippen LogP contribution is 2.28. The van der Waals surface area contributed by atoms with Crippen molar-refractivity contribution in [2.75, 3.05) is 0 Å². The van der Waals surface area contributed by atoms with Gasteiger partial charge in [-0.05, 0) is 47.5 Å². The van der Waals surface area contributed by atoms with Crippen molar-refractivity contribution in [1.82, 2.24) is 0 Å². The van der Waals surface area contributed by atoms with E-state index < -0.39 is 0 Å². The second-order valence-corrected chi connectivity index (χ2v) is 6.40. The van der Waals surface area contributed by atoms with Gasteiger partial charge in [-0.2, -0.15) is 0 Å². The predicted molar refractivity (Wildman–Crippen MR) is 101 cm³/mol. The Bertz CT molecular complexity index is 948. The zero-order valence-electron chi connectivity index (χ0n) is 13.4. The first-order valence-corrected chi connectivity index (χ1v) is 8.34. The minimum Gasteiger partial charge on any atom is -0.426 e. The van der Waals surface area contributed by atoms with Crippen LogP contribution in [0.1, 0.15) is 18.1 Å². The van der Waals surface area contributed by atoms with Crippen molar-refractivity contribution in [2.45, 2.75) is 13.8 Å². The maximum Gasteiger partial charge on any atom is 0.308 e. The Morgan fingerprint density at radius 1 is 1.12 bits per heavy atom. The molecule has 0 atom stereocenters. The molecule has 0 aliphatic heterocycles. The van der Waals surface area contributed by atoms with Crippen LogP contribution in [0.3, 0.4) is 0 Å². The van der Waals surface area contributed by atoms with E-state index in [0.29, 0.717) is 5.75 Å². The van der Waals surface area contributed by atoms with Crippen LogP contribution in [-0.4, -0.2) is 12.2 Å². The van der Waals surface area contributed by atoms with Gasteiger partial charge in [0.25, 0.3) is 0 Å². The molecule has 0 saturated carbocycles. The number of aliphatic imine (C=N–C) groups is 1. The molecule has 4 heteroatoms. The number of aryl methyl sites for hydroxylation is 1. The van der Waals surface area contributed by atoms with Gasteiger partial charge in [-0.25, -0.2) is 0 Å². The number of hydrogen-bond acceptors (Lipinski definition) is 3. The Morgan fingerprint density at radius 2 is 1.92 bits per heavy atom. The highest BCUT2D eigenvalue weighted by atomic mass is 79.9. The molecule has 0 radical (unpaired) electrons. The van der Waals surface area contributed by atoms with E-state index in [1.165, 1.54) is 6.92 Å². The summed E-state index contributed by atoms with van der Waals surface area (Å²) >= 11 is 3.45. The van der Waals surface area contributed by atoms with E-state index in [-0.39, 0.29) is 5.97 Å². The topological polar surface area (TPSA) is 38.7 Å². The average Bonchev–Trinajstić information content (AvgIpc) is 2.54. The van der Waals surface area contributed by atoms with Crippen LogP contribution >= 0.6 is 15.9 Å². The van der Waals surface area contributed by atoms with Crippen LogP contribution in [0.4, 0.5) is 5.69 Å². The Morgan fingerprint density at radius 3 is 2.67 bits per heavy atom. The minimum atomic E-state index is -0.347. The van der Waals surface area contributed by atoms with Gasteiger partial charge in [-0.15, -0.1) is 0 Å². The molecule has 3 aromatic carbocycles. The molecule has 0 aliphatic carbocycles. The fourth-order valence-electron chi connectivity index (χ4n) is 2.55. The van der Waals surface area contributed by atoms with E-state index in [9.17, 15) is 4.79 Å². The van der Waals surface area contributed by atoms with Gasteiger partial charge < -0.3 is 4.74 Å². The molecule has 0 N–H and O–H groups in total. The summed E-state index contributed by atoms with van der Waals surface area (Å²) in [5.41, 5.74) is 2.74. The lowest BCUT2D eigenvalue weighted by molar-refractivity contribution is -0.131. The molecule has 3 aromatic rings. The van der Waals surface area contributed by atoms with Gasteiger partial charge in [0, 0.05) is 23.2 Å². The van der Waals surface area contributed by atoms with Gasteiger partial charge in [-0.1, -0.05) is 46.3 Å². The van der Waals surface area contributed by atoms with Crippen LogP contribution in [0.15, 0.2) is 64.1 Å². The van der Waals surface area contributed by atoms with Gasteiger partial charge >= 0.3 is 5.97 Å². The summed E-state index contributed by atoms with van der Waals surface area (Å²) in [6.45, 7) is 3.41. The maximum atomic E-state index is 11.4. The summed E-state index contributed by atoms with van der Waals surface area (Å²) in [5, 5.41) is 2.07. The fourth-order valence-corrected chi connectivity index (χ4v) is 3.03. The lowest BCUT2D eigenvalue weighted by Gasteiger charge is -2.09. The number of hydrogen-bond donors (Lipinski definition) is 0. The normalized spacial score (nSPS) is 11.1. The van der Waals surface area contributed by atoms with Crippen molar-refractivity contribution < 1.29 is 9.53 Å². The average molecular weight is 382 g/mol. The third kappa shape index (κ3) is 3.54. The van der Waals surface area contributed by atoms with Crippen molar-refractivity contribution in [1.29, 1.82) is 0 Å². The lowest BCUT2D eigenvalue weighted by atomic mass is 10.0. The molecule has 120 valence electrons. The Kier molecular flexibility index (Phi) is 4.76. The number of fused-ring (bicyclic) bond motifs is 1. The number of benzene rings is 3. The van der Waals surface area contributed by atoms with E-state index in [0.717, 1.165) is 32.1 Å². The summed E-state index contributed by atoms with van der Waals surface area (Å²) in [6.07, 6.45) is 1.76. The van der Waals surface area contributed by atoms with Crippen molar-refractivity contribution in [3.05, 3.63) is 70.2 Å². The van der Waals surface area contributed by atoms with Crippen molar-refractivity contribution >= 4 is 44.6 Å². The third-order valence-electron chi connectivity index (χ3n) is 3.68. The number of carbonyl (C=O) groups is 1. The number of carbonyl (C=O) groups excluding carboxylic acids is 1. The van der Waals surface area contributed by atoms with E-state index in [1.807, 2.05) is 55.5 Å². The molecule has 0 aromatic heterocycles. The molecule has 0 saturated heterocycles. The summed E-state index contributed by atoms with van der Waals surface area (Å²) < 4.78 is 6.37. The molecule has 24 heavy (non-hydrogen) atoms. The Labute approximate surface area is 149 Å². The number of halogens is 1. The molecule has 0 bridgehead atoms. The SMILES string of the molecule is CC(=O)Oc1ccc2ccccc2c1C=Nc1ccc(Br)cc1C. The smallest absolute Gasteiger partial charge is 0.308 e. The summed E-state index contributed by atoms with van der Waals surface area (Å²) in [5.74, 6) is 0.166. The number of ether oxygens (including phenoxy) is 1. The number of nitrogens with zero attached hydrogens (tertiary/aromatic N) is 1.